The van der Waals surface area contributed by atoms with E-state index in [1.54, 1.807) is 30.6 Å². The molecule has 4 amide bonds. The number of hydrogen-bond donors (Lipinski definition) is 6. The number of pyridine rings is 1. The highest BCUT2D eigenvalue weighted by Gasteiger charge is 2.32. The molecule has 13 nitrogen and oxygen atoms in total. The van der Waals surface area contributed by atoms with Gasteiger partial charge in [-0.05, 0) is 36.0 Å². The number of aromatic nitrogens is 3. The van der Waals surface area contributed by atoms with Crippen LogP contribution in [0.1, 0.15) is 63.9 Å². The molecule has 0 radical (unpaired) electrons. The Morgan fingerprint density at radius 2 is 1.62 bits per heavy atom. The second-order valence-electron chi connectivity index (χ2n) is 12.5. The number of amides is 4. The third-order valence-corrected chi connectivity index (χ3v) is 7.83. The molecule has 0 aliphatic carbocycles. The van der Waals surface area contributed by atoms with Crippen LogP contribution in [0.25, 0.3) is 0 Å². The second kappa shape index (κ2) is 19.8. The molecule has 6 N–H and O–H groups in total. The molecule has 0 aliphatic rings. The maximum atomic E-state index is 13.8. The van der Waals surface area contributed by atoms with Gasteiger partial charge in [0.1, 0.15) is 18.7 Å². The summed E-state index contributed by atoms with van der Waals surface area (Å²) in [5, 5.41) is 22.2. The molecule has 13 heteroatoms. The standard InChI is InChI=1S/C35H49N7O6/c1-5-24(4)19-38-32(44)18-31(43)28(15-23(2)3)40-33(45)29(17-27-20-36-22-39-27)41-34(46)30(16-26-13-9-10-14-37-26)42-35(47)48-21-25-11-7-6-8-12-25/h6-14,20,22-24,28-31,43H,5,15-19,21H2,1-4H3,(H,36,39)(H,38,44)(H,40,45)(H,41,46)(H,42,47)/t24?,28?,29-,30-,31?/m0/s1. The van der Waals surface area contributed by atoms with Crippen molar-refractivity contribution in [2.75, 3.05) is 6.54 Å². The predicted octanol–water partition coefficient (Wildman–Crippen LogP) is 2.81. The lowest BCUT2D eigenvalue weighted by Gasteiger charge is -2.29. The lowest BCUT2D eigenvalue weighted by molar-refractivity contribution is -0.131. The third-order valence-electron chi connectivity index (χ3n) is 7.83. The lowest BCUT2D eigenvalue weighted by atomic mass is 9.96. The number of hydrogen-bond acceptors (Lipinski definition) is 8. The van der Waals surface area contributed by atoms with Crippen molar-refractivity contribution in [2.24, 2.45) is 11.8 Å². The monoisotopic (exact) mass is 663 g/mol. The van der Waals surface area contributed by atoms with E-state index in [0.29, 0.717) is 30.3 Å². The zero-order valence-electron chi connectivity index (χ0n) is 28.1. The molecule has 5 atom stereocenters. The van der Waals surface area contributed by atoms with Crippen LogP contribution in [0.5, 0.6) is 0 Å². The van der Waals surface area contributed by atoms with Gasteiger partial charge in [0.25, 0.3) is 0 Å². The molecule has 0 bridgehead atoms. The molecule has 0 saturated heterocycles. The SMILES string of the molecule is CCC(C)CNC(=O)CC(O)C(CC(C)C)NC(=O)[C@H](Cc1cnc[nH]1)NC(=O)[C@H](Cc1ccccn1)NC(=O)OCc1ccccc1. The van der Waals surface area contributed by atoms with Gasteiger partial charge in [0.15, 0.2) is 0 Å². The molecule has 48 heavy (non-hydrogen) atoms. The van der Waals surface area contributed by atoms with Gasteiger partial charge >= 0.3 is 6.09 Å². The summed E-state index contributed by atoms with van der Waals surface area (Å²) in [6.07, 6.45) is 3.81. The molecule has 2 aromatic heterocycles. The number of aliphatic hydroxyl groups excluding tert-OH is 1. The molecular formula is C35H49N7O6. The van der Waals surface area contributed by atoms with Crippen LogP contribution in [-0.4, -0.2) is 74.6 Å². The Kier molecular flexibility index (Phi) is 15.5. The number of nitrogens with one attached hydrogen (secondary N) is 5. The number of alkyl carbamates (subject to hydrolysis) is 1. The van der Waals surface area contributed by atoms with Gasteiger partial charge in [-0.25, -0.2) is 9.78 Å². The molecule has 0 aliphatic heterocycles. The topological polar surface area (TPSA) is 187 Å². The van der Waals surface area contributed by atoms with E-state index >= 15 is 0 Å². The minimum Gasteiger partial charge on any atom is -0.445 e. The van der Waals surface area contributed by atoms with Gasteiger partial charge < -0.3 is 36.1 Å². The highest BCUT2D eigenvalue weighted by atomic mass is 16.5. The minimum absolute atomic E-state index is 0.00464. The first-order chi connectivity index (χ1) is 23.0. The molecular weight excluding hydrogens is 614 g/mol. The van der Waals surface area contributed by atoms with E-state index in [-0.39, 0.29) is 37.7 Å². The average molecular weight is 664 g/mol. The van der Waals surface area contributed by atoms with Crippen LogP contribution in [0.4, 0.5) is 4.79 Å². The molecule has 260 valence electrons. The quantitative estimate of drug-likeness (QED) is 0.113. The number of ether oxygens (including phenoxy) is 1. The van der Waals surface area contributed by atoms with E-state index in [0.717, 1.165) is 12.0 Å². The van der Waals surface area contributed by atoms with Crippen molar-refractivity contribution >= 4 is 23.8 Å². The Labute approximate surface area is 282 Å². The number of imidazole rings is 1. The average Bonchev–Trinajstić information content (AvgIpc) is 3.59. The number of carbonyl (C=O) groups excluding carboxylic acids is 4. The van der Waals surface area contributed by atoms with E-state index in [9.17, 15) is 24.3 Å². The van der Waals surface area contributed by atoms with Crippen LogP contribution in [0, 0.1) is 11.8 Å². The summed E-state index contributed by atoms with van der Waals surface area (Å²) in [4.78, 5) is 64.2. The van der Waals surface area contributed by atoms with Crippen molar-refractivity contribution in [3.8, 4) is 0 Å². The number of benzene rings is 1. The highest BCUT2D eigenvalue weighted by Crippen LogP contribution is 2.13. The maximum Gasteiger partial charge on any atom is 0.408 e. The van der Waals surface area contributed by atoms with E-state index < -0.39 is 42.1 Å². The zero-order chi connectivity index (χ0) is 34.9. The van der Waals surface area contributed by atoms with Crippen molar-refractivity contribution in [3.05, 3.63) is 84.2 Å². The second-order valence-corrected chi connectivity index (χ2v) is 12.5. The Morgan fingerprint density at radius 3 is 2.27 bits per heavy atom. The minimum atomic E-state index is -1.16. The fourth-order valence-corrected chi connectivity index (χ4v) is 4.88. The van der Waals surface area contributed by atoms with Crippen molar-refractivity contribution in [3.63, 3.8) is 0 Å². The molecule has 1 aromatic carbocycles. The number of nitrogens with zero attached hydrogens (tertiary/aromatic N) is 2. The summed E-state index contributed by atoms with van der Waals surface area (Å²) >= 11 is 0. The number of carbonyl (C=O) groups is 4. The molecule has 3 aromatic rings. The van der Waals surface area contributed by atoms with Crippen molar-refractivity contribution < 1.29 is 29.0 Å². The number of aromatic amines is 1. The molecule has 0 spiro atoms. The van der Waals surface area contributed by atoms with Crippen molar-refractivity contribution in [2.45, 2.75) is 90.6 Å². The number of H-pyrrole nitrogens is 1. The van der Waals surface area contributed by atoms with E-state index in [4.69, 9.17) is 4.74 Å². The number of aliphatic hydroxyl groups is 1. The van der Waals surface area contributed by atoms with Crippen molar-refractivity contribution in [1.29, 1.82) is 0 Å². The lowest BCUT2D eigenvalue weighted by Crippen LogP contribution is -2.57. The van der Waals surface area contributed by atoms with Gasteiger partial charge in [0.2, 0.25) is 17.7 Å². The molecule has 3 unspecified atom stereocenters. The van der Waals surface area contributed by atoms with Crippen LogP contribution in [0.15, 0.2) is 67.3 Å². The molecule has 0 fully saturated rings. The third kappa shape index (κ3) is 13.5. The van der Waals surface area contributed by atoms with E-state index in [1.807, 2.05) is 58.0 Å². The smallest absolute Gasteiger partial charge is 0.408 e. The summed E-state index contributed by atoms with van der Waals surface area (Å²) in [5.74, 6) is -1.13. The van der Waals surface area contributed by atoms with Gasteiger partial charge in [0, 0.05) is 43.2 Å². The first kappa shape index (κ1) is 37.7. The highest BCUT2D eigenvalue weighted by molar-refractivity contribution is 5.91. The normalized spacial score (nSPS) is 14.2. The van der Waals surface area contributed by atoms with Gasteiger partial charge in [-0.3, -0.25) is 19.4 Å². The summed E-state index contributed by atoms with van der Waals surface area (Å²) in [6, 6.07) is 11.3. The van der Waals surface area contributed by atoms with Gasteiger partial charge in [-0.1, -0.05) is 70.5 Å². The van der Waals surface area contributed by atoms with Crippen LogP contribution < -0.4 is 21.3 Å². The van der Waals surface area contributed by atoms with Crippen LogP contribution in [0.2, 0.25) is 0 Å². The Morgan fingerprint density at radius 1 is 0.917 bits per heavy atom. The molecule has 0 saturated carbocycles. The van der Waals surface area contributed by atoms with Gasteiger partial charge in [0.05, 0.1) is 24.9 Å². The fraction of sp³-hybridized carbons (Fsp3) is 0.486. The van der Waals surface area contributed by atoms with E-state index in [2.05, 4.69) is 36.2 Å². The van der Waals surface area contributed by atoms with Crippen LogP contribution >= 0.6 is 0 Å². The molecule has 2 heterocycles. The van der Waals surface area contributed by atoms with Crippen LogP contribution in [-0.2, 0) is 38.6 Å². The summed E-state index contributed by atoms with van der Waals surface area (Å²) in [5.41, 5.74) is 1.90. The Balaban J connectivity index is 1.76. The predicted molar refractivity (Wildman–Crippen MR) is 180 cm³/mol. The first-order valence-electron chi connectivity index (χ1n) is 16.4. The van der Waals surface area contributed by atoms with Gasteiger partial charge in [-0.2, -0.15) is 0 Å². The first-order valence-corrected chi connectivity index (χ1v) is 16.4. The van der Waals surface area contributed by atoms with Gasteiger partial charge in [-0.15, -0.1) is 0 Å². The largest absolute Gasteiger partial charge is 0.445 e. The summed E-state index contributed by atoms with van der Waals surface area (Å²) in [7, 11) is 0. The summed E-state index contributed by atoms with van der Waals surface area (Å²) in [6.45, 7) is 8.45. The van der Waals surface area contributed by atoms with E-state index in [1.165, 1.54) is 6.33 Å². The summed E-state index contributed by atoms with van der Waals surface area (Å²) < 4.78 is 5.36. The number of rotatable bonds is 19. The fourth-order valence-electron chi connectivity index (χ4n) is 4.88. The Hall–Kier alpha value is -4.78. The van der Waals surface area contributed by atoms with Crippen molar-refractivity contribution in [1.82, 2.24) is 36.2 Å². The zero-order valence-corrected chi connectivity index (χ0v) is 28.1. The Bertz CT molecular complexity index is 1410. The maximum absolute atomic E-state index is 13.8. The molecule has 3 rings (SSSR count). The van der Waals surface area contributed by atoms with Crippen LogP contribution in [0.3, 0.4) is 0 Å².